The quantitative estimate of drug-likeness (QED) is 0.567. The van der Waals surface area contributed by atoms with E-state index in [-0.39, 0.29) is 17.6 Å². The first-order valence-electron chi connectivity index (χ1n) is 9.87. The van der Waals surface area contributed by atoms with E-state index in [1.54, 1.807) is 30.6 Å². The van der Waals surface area contributed by atoms with Crippen molar-refractivity contribution in [1.82, 2.24) is 9.97 Å². The highest BCUT2D eigenvalue weighted by atomic mass is 35.5. The second-order valence-corrected chi connectivity index (χ2v) is 9.33. The Balaban J connectivity index is 1.22. The third-order valence-corrected chi connectivity index (χ3v) is 6.78. The van der Waals surface area contributed by atoms with Gasteiger partial charge in [-0.15, -0.1) is 0 Å². The lowest BCUT2D eigenvalue weighted by atomic mass is 10.0. The summed E-state index contributed by atoms with van der Waals surface area (Å²) in [6, 6.07) is 10.3. The van der Waals surface area contributed by atoms with Crippen molar-refractivity contribution in [3.8, 4) is 22.6 Å². The lowest BCUT2D eigenvalue weighted by Gasteiger charge is -2.16. The molecule has 0 saturated carbocycles. The monoisotopic (exact) mass is 459 g/mol. The van der Waals surface area contributed by atoms with Crippen molar-refractivity contribution in [3.63, 3.8) is 0 Å². The number of hydrogen-bond acceptors (Lipinski definition) is 6. The molecule has 2 aliphatic heterocycles. The number of anilines is 1. The lowest BCUT2D eigenvalue weighted by Crippen LogP contribution is -2.23. The molecule has 1 aromatic heterocycles. The van der Waals surface area contributed by atoms with E-state index in [1.807, 2.05) is 12.1 Å². The second-order valence-electron chi connectivity index (χ2n) is 7.53. The van der Waals surface area contributed by atoms with E-state index in [4.69, 9.17) is 21.1 Å². The molecule has 3 aromatic rings. The van der Waals surface area contributed by atoms with Crippen LogP contribution in [0, 0.1) is 11.7 Å². The molecule has 0 N–H and O–H groups in total. The largest absolute Gasteiger partial charge is 0.490 e. The van der Waals surface area contributed by atoms with Gasteiger partial charge in [0.25, 0.3) is 0 Å². The number of aromatic nitrogens is 2. The smallest absolute Gasteiger partial charge is 0.225 e. The van der Waals surface area contributed by atoms with Crippen molar-refractivity contribution in [1.29, 1.82) is 0 Å². The summed E-state index contributed by atoms with van der Waals surface area (Å²) < 4.78 is 37.7. The third-order valence-electron chi connectivity index (χ3n) is 5.43. The highest BCUT2D eigenvalue weighted by Gasteiger charge is 2.25. The summed E-state index contributed by atoms with van der Waals surface area (Å²) in [4.78, 5) is 11.3. The van der Waals surface area contributed by atoms with Gasteiger partial charge < -0.3 is 14.4 Å². The highest BCUT2D eigenvalue weighted by Crippen LogP contribution is 2.34. The molecule has 0 bridgehead atoms. The topological polar surface area (TPSA) is 64.6 Å². The van der Waals surface area contributed by atoms with Crippen LogP contribution in [-0.4, -0.2) is 39.8 Å². The molecule has 9 heteroatoms. The van der Waals surface area contributed by atoms with Crippen LogP contribution in [0.2, 0.25) is 5.02 Å². The lowest BCUT2D eigenvalue weighted by molar-refractivity contribution is 0.250. The number of hydrogen-bond donors (Lipinski definition) is 0. The van der Waals surface area contributed by atoms with Gasteiger partial charge in [0.15, 0.2) is 17.5 Å². The molecule has 1 saturated heterocycles. The Morgan fingerprint density at radius 2 is 1.97 bits per heavy atom. The molecule has 2 atom stereocenters. The van der Waals surface area contributed by atoms with Crippen LogP contribution >= 0.6 is 11.6 Å². The minimum Gasteiger partial charge on any atom is -0.490 e. The normalized spacial score (nSPS) is 19.9. The number of nitrogens with zero attached hydrogens (tertiary/aromatic N) is 3. The molecular weight excluding hydrogens is 441 g/mol. The van der Waals surface area contributed by atoms with Crippen LogP contribution in [0.4, 0.5) is 10.3 Å². The fourth-order valence-corrected chi connectivity index (χ4v) is 4.81. The van der Waals surface area contributed by atoms with Crippen LogP contribution in [0.25, 0.3) is 11.1 Å². The van der Waals surface area contributed by atoms with Crippen LogP contribution in [0.3, 0.4) is 0 Å². The Bertz CT molecular complexity index is 1150. The zero-order valence-electron chi connectivity index (χ0n) is 16.5. The number of ether oxygens (including phenoxy) is 2. The van der Waals surface area contributed by atoms with Gasteiger partial charge in [-0.3, -0.25) is 4.21 Å². The minimum absolute atomic E-state index is 0.169. The maximum Gasteiger partial charge on any atom is 0.225 e. The van der Waals surface area contributed by atoms with Gasteiger partial charge in [0.2, 0.25) is 5.95 Å². The predicted molar refractivity (Wildman–Crippen MR) is 117 cm³/mol. The van der Waals surface area contributed by atoms with Crippen LogP contribution in [0.15, 0.2) is 53.7 Å². The SMILES string of the molecule is O=[S@@]1COc2cc(-c3ccc(OC[C@H]4CCN(c5ncc(Cl)cn5)C4)c(F)c3)ccc21. The summed E-state index contributed by atoms with van der Waals surface area (Å²) in [5.41, 5.74) is 1.51. The van der Waals surface area contributed by atoms with Gasteiger partial charge in [-0.25, -0.2) is 14.4 Å². The van der Waals surface area contributed by atoms with Gasteiger partial charge in [-0.05, 0) is 41.8 Å². The van der Waals surface area contributed by atoms with E-state index in [0.717, 1.165) is 25.1 Å². The van der Waals surface area contributed by atoms with Crippen LogP contribution in [0.1, 0.15) is 6.42 Å². The van der Waals surface area contributed by atoms with E-state index in [0.29, 0.717) is 33.8 Å². The van der Waals surface area contributed by atoms with Gasteiger partial charge in [-0.1, -0.05) is 23.7 Å². The Labute approximate surface area is 186 Å². The van der Waals surface area contributed by atoms with Crippen LogP contribution in [-0.2, 0) is 10.8 Å². The maximum absolute atomic E-state index is 14.7. The fraction of sp³-hybridized carbons (Fsp3) is 0.273. The number of halogens is 2. The zero-order chi connectivity index (χ0) is 21.4. The summed E-state index contributed by atoms with van der Waals surface area (Å²) >= 11 is 5.84. The third kappa shape index (κ3) is 4.22. The highest BCUT2D eigenvalue weighted by molar-refractivity contribution is 7.85. The van der Waals surface area contributed by atoms with E-state index in [2.05, 4.69) is 14.9 Å². The van der Waals surface area contributed by atoms with Crippen LogP contribution < -0.4 is 14.4 Å². The number of benzene rings is 2. The standard InChI is InChI=1S/C22H19ClFN3O3S/c23-17-9-25-22(26-10-17)27-6-5-14(11-27)12-29-19-3-1-15(7-18(19)24)16-2-4-21-20(8-16)30-13-31(21)28/h1-4,7-10,14H,5-6,11-13H2/t14-,31+/m0/s1. The Morgan fingerprint density at radius 3 is 2.77 bits per heavy atom. The first kappa shape index (κ1) is 20.2. The number of rotatable bonds is 5. The van der Waals surface area contributed by atoms with Crippen molar-refractivity contribution in [2.45, 2.75) is 11.3 Å². The molecule has 31 heavy (non-hydrogen) atoms. The summed E-state index contributed by atoms with van der Waals surface area (Å²) in [5, 5.41) is 0.504. The Kier molecular flexibility index (Phi) is 5.50. The summed E-state index contributed by atoms with van der Waals surface area (Å²) in [7, 11) is -1.12. The average Bonchev–Trinajstić information content (AvgIpc) is 3.40. The fourth-order valence-electron chi connectivity index (χ4n) is 3.79. The molecule has 0 aliphatic carbocycles. The van der Waals surface area contributed by atoms with Crippen molar-refractivity contribution in [2.24, 2.45) is 5.92 Å². The molecule has 160 valence electrons. The summed E-state index contributed by atoms with van der Waals surface area (Å²) in [5.74, 6) is 1.47. The molecule has 5 rings (SSSR count). The number of fused-ring (bicyclic) bond motifs is 1. The van der Waals surface area contributed by atoms with Gasteiger partial charge in [0.1, 0.15) is 5.75 Å². The first-order chi connectivity index (χ1) is 15.1. The maximum atomic E-state index is 14.7. The van der Waals surface area contributed by atoms with E-state index >= 15 is 0 Å². The first-order valence-corrected chi connectivity index (χ1v) is 11.6. The van der Waals surface area contributed by atoms with Crippen molar-refractivity contribution < 1.29 is 18.1 Å². The van der Waals surface area contributed by atoms with Crippen molar-refractivity contribution in [2.75, 3.05) is 30.5 Å². The Hall–Kier alpha value is -2.71. The van der Waals surface area contributed by atoms with Gasteiger partial charge in [0.05, 0.1) is 39.7 Å². The van der Waals surface area contributed by atoms with Crippen molar-refractivity contribution >= 4 is 28.3 Å². The Morgan fingerprint density at radius 1 is 1.19 bits per heavy atom. The molecule has 0 spiro atoms. The predicted octanol–water partition coefficient (Wildman–Crippen LogP) is 4.30. The summed E-state index contributed by atoms with van der Waals surface area (Å²) in [6.07, 6.45) is 4.08. The molecule has 2 aliphatic rings. The molecule has 0 unspecified atom stereocenters. The van der Waals surface area contributed by atoms with Crippen LogP contribution in [0.5, 0.6) is 11.5 Å². The molecule has 1 fully saturated rings. The molecule has 0 radical (unpaired) electrons. The minimum atomic E-state index is -1.12. The van der Waals surface area contributed by atoms with E-state index in [1.165, 1.54) is 6.07 Å². The summed E-state index contributed by atoms with van der Waals surface area (Å²) in [6.45, 7) is 1.99. The van der Waals surface area contributed by atoms with E-state index in [9.17, 15) is 8.60 Å². The van der Waals surface area contributed by atoms with Gasteiger partial charge in [0, 0.05) is 19.0 Å². The van der Waals surface area contributed by atoms with Gasteiger partial charge in [-0.2, -0.15) is 0 Å². The second kappa shape index (κ2) is 8.43. The van der Waals surface area contributed by atoms with E-state index < -0.39 is 16.6 Å². The average molecular weight is 460 g/mol. The molecule has 0 amide bonds. The van der Waals surface area contributed by atoms with Gasteiger partial charge >= 0.3 is 0 Å². The van der Waals surface area contributed by atoms with Crippen molar-refractivity contribution in [3.05, 3.63) is 59.6 Å². The molecular formula is C22H19ClFN3O3S. The molecule has 2 aromatic carbocycles. The zero-order valence-corrected chi connectivity index (χ0v) is 18.0. The molecule has 3 heterocycles. The molecule has 6 nitrogen and oxygen atoms in total.